The number of aromatic nitrogens is 2. The molecule has 0 saturated heterocycles. The summed E-state index contributed by atoms with van der Waals surface area (Å²) in [5, 5.41) is 9.78. The van der Waals surface area contributed by atoms with Crippen molar-refractivity contribution in [2.75, 3.05) is 5.32 Å². The second-order valence-electron chi connectivity index (χ2n) is 6.55. The van der Waals surface area contributed by atoms with Gasteiger partial charge in [0.15, 0.2) is 5.82 Å². The van der Waals surface area contributed by atoms with E-state index in [0.29, 0.717) is 11.7 Å². The molecular weight excluding hydrogens is 332 g/mol. The average molecular weight is 354 g/mol. The lowest BCUT2D eigenvalue weighted by Crippen LogP contribution is -2.44. The van der Waals surface area contributed by atoms with Crippen LogP contribution in [0.5, 0.6) is 0 Å². The highest BCUT2D eigenvalue weighted by atomic mass is 16.5. The number of amides is 2. The van der Waals surface area contributed by atoms with Crippen molar-refractivity contribution in [3.8, 4) is 0 Å². The van der Waals surface area contributed by atoms with E-state index in [9.17, 15) is 9.59 Å². The summed E-state index contributed by atoms with van der Waals surface area (Å²) in [6, 6.07) is 7.25. The van der Waals surface area contributed by atoms with Gasteiger partial charge >= 0.3 is 0 Å². The molecule has 1 aromatic carbocycles. The standard InChI is InChI=1S/C19H22N4O3/c1-13(24)20-16-8-5-15(6-9-16)7-10-17(25)22-19(11-3-4-12-19)18-21-14(2)26-23-18/h5-10H,3-4,11-12H2,1-2H3,(H,20,24)(H,22,25)/b10-7+. The van der Waals surface area contributed by atoms with Gasteiger partial charge in [0, 0.05) is 25.6 Å². The van der Waals surface area contributed by atoms with Crippen LogP contribution in [0.25, 0.3) is 6.08 Å². The number of benzene rings is 1. The van der Waals surface area contributed by atoms with E-state index < -0.39 is 5.54 Å². The van der Waals surface area contributed by atoms with E-state index in [4.69, 9.17) is 4.52 Å². The van der Waals surface area contributed by atoms with Crippen LogP contribution in [0, 0.1) is 6.92 Å². The van der Waals surface area contributed by atoms with Crippen molar-refractivity contribution in [3.63, 3.8) is 0 Å². The molecule has 0 aliphatic heterocycles. The first-order chi connectivity index (χ1) is 12.5. The fourth-order valence-corrected chi connectivity index (χ4v) is 3.21. The summed E-state index contributed by atoms with van der Waals surface area (Å²) in [5.41, 5.74) is 1.04. The van der Waals surface area contributed by atoms with Gasteiger partial charge in [0.05, 0.1) is 0 Å². The van der Waals surface area contributed by atoms with Crippen molar-refractivity contribution in [2.24, 2.45) is 0 Å². The quantitative estimate of drug-likeness (QED) is 0.805. The van der Waals surface area contributed by atoms with Crippen molar-refractivity contribution in [1.29, 1.82) is 0 Å². The van der Waals surface area contributed by atoms with Gasteiger partial charge in [-0.25, -0.2) is 0 Å². The van der Waals surface area contributed by atoms with Gasteiger partial charge in [-0.15, -0.1) is 0 Å². The second kappa shape index (κ2) is 7.51. The maximum atomic E-state index is 12.4. The van der Waals surface area contributed by atoms with Crippen LogP contribution in [0.2, 0.25) is 0 Å². The van der Waals surface area contributed by atoms with Crippen LogP contribution in [-0.4, -0.2) is 22.0 Å². The van der Waals surface area contributed by atoms with Gasteiger partial charge < -0.3 is 15.2 Å². The molecule has 0 radical (unpaired) electrons. The van der Waals surface area contributed by atoms with Gasteiger partial charge in [0.2, 0.25) is 17.7 Å². The third kappa shape index (κ3) is 4.17. The maximum Gasteiger partial charge on any atom is 0.244 e. The van der Waals surface area contributed by atoms with Gasteiger partial charge in [-0.05, 0) is 36.6 Å². The molecule has 1 fully saturated rings. The van der Waals surface area contributed by atoms with Crippen LogP contribution >= 0.6 is 0 Å². The first-order valence-electron chi connectivity index (χ1n) is 8.65. The topological polar surface area (TPSA) is 97.1 Å². The molecule has 0 unspecified atom stereocenters. The summed E-state index contributed by atoms with van der Waals surface area (Å²) >= 11 is 0. The Morgan fingerprint density at radius 1 is 1.19 bits per heavy atom. The Labute approximate surface area is 151 Å². The van der Waals surface area contributed by atoms with Crippen LogP contribution in [0.4, 0.5) is 5.69 Å². The molecule has 1 saturated carbocycles. The molecule has 136 valence electrons. The lowest BCUT2D eigenvalue weighted by Gasteiger charge is -2.25. The van der Waals surface area contributed by atoms with E-state index in [2.05, 4.69) is 20.8 Å². The molecule has 0 atom stereocenters. The first-order valence-corrected chi connectivity index (χ1v) is 8.65. The molecule has 2 aromatic rings. The smallest absolute Gasteiger partial charge is 0.244 e. The van der Waals surface area contributed by atoms with Crippen LogP contribution in [0.1, 0.15) is 49.9 Å². The minimum atomic E-state index is -0.547. The van der Waals surface area contributed by atoms with E-state index in [1.165, 1.54) is 13.0 Å². The average Bonchev–Trinajstić information content (AvgIpc) is 3.24. The summed E-state index contributed by atoms with van der Waals surface area (Å²) in [4.78, 5) is 27.8. The molecule has 3 rings (SSSR count). The Morgan fingerprint density at radius 3 is 2.46 bits per heavy atom. The molecule has 1 aliphatic rings. The Hall–Kier alpha value is -2.96. The van der Waals surface area contributed by atoms with Crippen molar-refractivity contribution in [3.05, 3.63) is 47.6 Å². The number of rotatable bonds is 5. The van der Waals surface area contributed by atoms with Crippen LogP contribution in [0.3, 0.4) is 0 Å². The van der Waals surface area contributed by atoms with Crippen LogP contribution in [-0.2, 0) is 15.1 Å². The van der Waals surface area contributed by atoms with Gasteiger partial charge in [0.1, 0.15) is 5.54 Å². The molecule has 0 spiro atoms. The molecule has 7 nitrogen and oxygen atoms in total. The van der Waals surface area contributed by atoms with Gasteiger partial charge in [-0.1, -0.05) is 30.1 Å². The molecule has 0 bridgehead atoms. The first kappa shape index (κ1) is 17.8. The third-order valence-electron chi connectivity index (χ3n) is 4.43. The van der Waals surface area contributed by atoms with E-state index in [-0.39, 0.29) is 11.8 Å². The molecule has 1 aliphatic carbocycles. The summed E-state index contributed by atoms with van der Waals surface area (Å²) in [6.45, 7) is 3.20. The number of carbonyl (C=O) groups excluding carboxylic acids is 2. The number of nitrogens with one attached hydrogen (secondary N) is 2. The van der Waals surface area contributed by atoms with Crippen LogP contribution < -0.4 is 10.6 Å². The zero-order chi connectivity index (χ0) is 18.6. The molecule has 1 heterocycles. The van der Waals surface area contributed by atoms with E-state index in [1.54, 1.807) is 25.1 Å². The zero-order valence-corrected chi connectivity index (χ0v) is 14.9. The molecule has 2 N–H and O–H groups in total. The van der Waals surface area contributed by atoms with Crippen molar-refractivity contribution in [1.82, 2.24) is 15.5 Å². The normalized spacial score (nSPS) is 15.9. The van der Waals surface area contributed by atoms with Gasteiger partial charge in [0.25, 0.3) is 0 Å². The Bertz CT molecular complexity index is 818. The fraction of sp³-hybridized carbons (Fsp3) is 0.368. The highest BCUT2D eigenvalue weighted by molar-refractivity contribution is 5.92. The second-order valence-corrected chi connectivity index (χ2v) is 6.55. The molecule has 2 amide bonds. The number of carbonyl (C=O) groups is 2. The highest BCUT2D eigenvalue weighted by Crippen LogP contribution is 2.37. The lowest BCUT2D eigenvalue weighted by atomic mass is 9.96. The number of aryl methyl sites for hydroxylation is 1. The summed E-state index contributed by atoms with van der Waals surface area (Å²) in [7, 11) is 0. The zero-order valence-electron chi connectivity index (χ0n) is 14.9. The Morgan fingerprint density at radius 2 is 1.88 bits per heavy atom. The largest absolute Gasteiger partial charge is 0.340 e. The van der Waals surface area contributed by atoms with Gasteiger partial charge in [-0.2, -0.15) is 4.98 Å². The van der Waals surface area contributed by atoms with Gasteiger partial charge in [-0.3, -0.25) is 9.59 Å². The van der Waals surface area contributed by atoms with Crippen LogP contribution in [0.15, 0.2) is 34.9 Å². The summed E-state index contributed by atoms with van der Waals surface area (Å²) < 4.78 is 5.09. The number of anilines is 1. The van der Waals surface area contributed by atoms with Crippen molar-refractivity contribution < 1.29 is 14.1 Å². The minimum Gasteiger partial charge on any atom is -0.340 e. The number of nitrogens with zero attached hydrogens (tertiary/aromatic N) is 2. The molecular formula is C19H22N4O3. The van der Waals surface area contributed by atoms with E-state index in [0.717, 1.165) is 36.9 Å². The van der Waals surface area contributed by atoms with E-state index >= 15 is 0 Å². The fourth-order valence-electron chi connectivity index (χ4n) is 3.21. The van der Waals surface area contributed by atoms with Crippen molar-refractivity contribution in [2.45, 2.75) is 45.1 Å². The lowest BCUT2D eigenvalue weighted by molar-refractivity contribution is -0.118. The summed E-state index contributed by atoms with van der Waals surface area (Å²) in [6.07, 6.45) is 6.87. The Balaban J connectivity index is 1.67. The Kier molecular flexibility index (Phi) is 5.16. The minimum absolute atomic E-state index is 0.119. The SMILES string of the molecule is CC(=O)Nc1ccc(/C=C/C(=O)NC2(c3noc(C)n3)CCCC2)cc1. The molecule has 1 aromatic heterocycles. The number of hydrogen-bond donors (Lipinski definition) is 2. The monoisotopic (exact) mass is 354 g/mol. The predicted molar refractivity (Wildman–Crippen MR) is 97.1 cm³/mol. The predicted octanol–water partition coefficient (Wildman–Crippen LogP) is 2.94. The third-order valence-corrected chi connectivity index (χ3v) is 4.43. The number of hydrogen-bond acceptors (Lipinski definition) is 5. The van der Waals surface area contributed by atoms with Crippen molar-refractivity contribution >= 4 is 23.6 Å². The maximum absolute atomic E-state index is 12.4. The highest BCUT2D eigenvalue weighted by Gasteiger charge is 2.40. The molecule has 7 heteroatoms. The molecule has 26 heavy (non-hydrogen) atoms. The van der Waals surface area contributed by atoms with E-state index in [1.807, 2.05) is 12.1 Å². The summed E-state index contributed by atoms with van der Waals surface area (Å²) in [5.74, 6) is 0.732.